The summed E-state index contributed by atoms with van der Waals surface area (Å²) >= 11 is 0. The zero-order valence-corrected chi connectivity index (χ0v) is 47.9. The molecule has 39 heteroatoms. The van der Waals surface area contributed by atoms with E-state index < -0.39 is 273 Å². The highest BCUT2D eigenvalue weighted by Gasteiger charge is 2.60. The number of aliphatic hydroxyl groups excluding tert-OH is 19. The van der Waals surface area contributed by atoms with Crippen molar-refractivity contribution in [1.29, 1.82) is 0 Å². The number of rotatable bonds is 5. The van der Waals surface area contributed by atoms with Crippen LogP contribution in [-0.4, -0.2) is 370 Å². The number of aliphatic hydroxyl groups is 19. The lowest BCUT2D eigenvalue weighted by atomic mass is 9.95. The molecule has 26 heterocycles. The van der Waals surface area contributed by atoms with Crippen LogP contribution in [0.25, 0.3) is 0 Å². The van der Waals surface area contributed by atoms with E-state index in [0.717, 1.165) is 0 Å². The highest BCUT2D eigenvalue weighted by molar-refractivity contribution is 5.74. The fourth-order valence-corrected chi connectivity index (χ4v) is 12.1. The van der Waals surface area contributed by atoms with Gasteiger partial charge in [-0.25, -0.2) is 9.59 Å². The first-order valence-electron chi connectivity index (χ1n) is 29.3. The smallest absolute Gasteiger partial charge is 0.315 e. The predicted molar refractivity (Wildman–Crippen MR) is 281 cm³/mol. The zero-order valence-electron chi connectivity index (χ0n) is 47.9. The van der Waals surface area contributed by atoms with Crippen molar-refractivity contribution in [2.45, 2.75) is 228 Å². The van der Waals surface area contributed by atoms with Crippen molar-refractivity contribution in [1.82, 2.24) is 21.3 Å². The Balaban J connectivity index is 1.02. The van der Waals surface area contributed by atoms with Gasteiger partial charge < -0.3 is 185 Å². The molecule has 91 heavy (non-hydrogen) atoms. The Hall–Kier alpha value is -3.56. The third-order valence-electron chi connectivity index (χ3n) is 17.3. The average Bonchev–Trinajstić information content (AvgIpc) is 1.16. The molecule has 15 fully saturated rings. The molecular weight excluding hydrogens is 1240 g/mol. The van der Waals surface area contributed by atoms with Crippen molar-refractivity contribution < 1.29 is 173 Å². The van der Waals surface area contributed by atoms with E-state index in [1.54, 1.807) is 24.3 Å². The van der Waals surface area contributed by atoms with E-state index in [0.29, 0.717) is 11.1 Å². The molecule has 18 bridgehead atoms. The molecule has 0 radical (unpaired) electrons. The van der Waals surface area contributed by atoms with Gasteiger partial charge in [-0.15, -0.1) is 0 Å². The van der Waals surface area contributed by atoms with E-state index in [4.69, 9.17) is 66.3 Å². The molecule has 0 spiro atoms. The molecule has 26 aliphatic heterocycles. The summed E-state index contributed by atoms with van der Waals surface area (Å²) in [6.07, 6.45) is -71.9. The third kappa shape index (κ3) is 14.7. The number of amides is 4. The van der Waals surface area contributed by atoms with Crippen molar-refractivity contribution in [2.75, 3.05) is 46.1 Å². The third-order valence-corrected chi connectivity index (χ3v) is 17.3. The van der Waals surface area contributed by atoms with Gasteiger partial charge in [0.1, 0.15) is 171 Å². The van der Waals surface area contributed by atoms with E-state index in [1.165, 1.54) is 0 Å². The van der Waals surface area contributed by atoms with Crippen LogP contribution in [0.4, 0.5) is 9.59 Å². The first kappa shape index (κ1) is 70.2. The van der Waals surface area contributed by atoms with Crippen LogP contribution in [0.3, 0.4) is 0 Å². The number of hydrogen-bond acceptors (Lipinski definition) is 35. The van der Waals surface area contributed by atoms with Crippen molar-refractivity contribution in [3.63, 3.8) is 0 Å². The molecule has 0 saturated carbocycles. The molecule has 27 rings (SSSR count). The quantitative estimate of drug-likeness (QED) is 0.130. The van der Waals surface area contributed by atoms with Crippen LogP contribution in [0.1, 0.15) is 11.1 Å². The lowest BCUT2D eigenvalue weighted by Gasteiger charge is -2.50. The molecule has 518 valence electrons. The normalized spacial score (nSPS) is 49.9. The standard InChI is InChI=1S/C52H80N4O35/c57-9-18-39-27(66)34(73)48(82-18)89-41-20(11-59)80-46(32(71)25(41)64)85-37-16-7-55-51(76)53-5-14-1-3-15(4-2-14)6-54-52(77)56-8-17-38(23(62)30(69)44(78-17)87-39)86-47-33(72)26(65)42(21(12-60)81-47)90-50-36(75)29(68)43(22(13-61)84-50)91-49-35(74)28(67)40(19(10-58)83-49)88-45(79-16)31(70)24(37)63/h1-4,16-50,57-75H,5-13H2,(H2,53,55,76)(H2,54,56,77)/t16-,17-,18-,19-,20-,21-,22-,23?,24?,25?,26?,27?,28?,29?,30?,31?,32?,33?,34?,35?,36?,37-,38-,39-,40-,41-,42-,43-,44-,45-,46-,47-,48-,49-,50-/m1/s1. The maximum absolute atomic E-state index is 13.5. The van der Waals surface area contributed by atoms with Crippen LogP contribution < -0.4 is 21.3 Å². The van der Waals surface area contributed by atoms with Gasteiger partial charge in [0.05, 0.1) is 33.0 Å². The SMILES string of the molecule is O=C1NCc2ccc(cc2)CNC(=O)NC[C@H]2O[C@@H]3O[C@H]4C(O)C(O)[C@H](O[C@@H]4CO)O[C@H]4C(O)C(O)[C@H](O[C@@H]4CO)O[C@H]4C(O)C(O)[C@H](O[C@@H]4CO)O[C@H]4C(O)C(O)[C@H](O[C@@H]4CN1)O[C@H]1C(O)C(O)[C@H](O[C@@H]1CO)O[C@H]1C(O)C(O)[C@H](O[C@@H]1CO)O[C@H]2C(O)C3O. The molecular formula is C52H80N4O35. The Labute approximate surface area is 514 Å². The summed E-state index contributed by atoms with van der Waals surface area (Å²) in [5.41, 5.74) is 1.03. The maximum atomic E-state index is 13.5. The number of carbonyl (C=O) groups is 2. The molecule has 23 N–H and O–H groups in total. The van der Waals surface area contributed by atoms with E-state index in [1.807, 2.05) is 0 Å². The predicted octanol–water partition coefficient (Wildman–Crippen LogP) is -13.9. The molecule has 26 aliphatic rings. The van der Waals surface area contributed by atoms with Gasteiger partial charge in [0.2, 0.25) is 0 Å². The molecule has 0 aromatic heterocycles. The van der Waals surface area contributed by atoms with Gasteiger partial charge in [0.15, 0.2) is 44.0 Å². The molecule has 1 aromatic rings. The second kappa shape index (κ2) is 30.2. The van der Waals surface area contributed by atoms with E-state index >= 15 is 0 Å². The summed E-state index contributed by atoms with van der Waals surface area (Å²) in [5, 5.41) is 226. The lowest BCUT2D eigenvalue weighted by Crippen LogP contribution is -2.68. The number of benzene rings is 1. The van der Waals surface area contributed by atoms with Crippen molar-refractivity contribution >= 4 is 12.1 Å². The van der Waals surface area contributed by atoms with Gasteiger partial charge in [0, 0.05) is 26.2 Å². The topological polar surface area (TPSA) is 596 Å². The summed E-state index contributed by atoms with van der Waals surface area (Å²) in [7, 11) is 0. The van der Waals surface area contributed by atoms with Crippen LogP contribution in [0.5, 0.6) is 0 Å². The van der Waals surface area contributed by atoms with Gasteiger partial charge >= 0.3 is 12.1 Å². The first-order chi connectivity index (χ1) is 43.5. The molecule has 1 aromatic carbocycles. The second-order valence-corrected chi connectivity index (χ2v) is 23.2. The summed E-state index contributed by atoms with van der Waals surface area (Å²) in [5.74, 6) is 0. The van der Waals surface area contributed by atoms with Gasteiger partial charge in [-0.05, 0) is 11.1 Å². The first-order valence-corrected chi connectivity index (χ1v) is 29.3. The molecule has 4 amide bonds. The van der Waals surface area contributed by atoms with Crippen molar-refractivity contribution in [2.24, 2.45) is 0 Å². The van der Waals surface area contributed by atoms with Crippen LogP contribution >= 0.6 is 0 Å². The Bertz CT molecular complexity index is 2500. The van der Waals surface area contributed by atoms with Crippen LogP contribution in [0.2, 0.25) is 0 Å². The Morgan fingerprint density at radius 3 is 0.692 bits per heavy atom. The molecule has 35 atom stereocenters. The minimum absolute atomic E-state index is 0.135. The second-order valence-electron chi connectivity index (χ2n) is 23.2. The van der Waals surface area contributed by atoms with E-state index in [-0.39, 0.29) is 13.1 Å². The fourth-order valence-electron chi connectivity index (χ4n) is 12.1. The lowest BCUT2D eigenvalue weighted by molar-refractivity contribution is -0.395. The van der Waals surface area contributed by atoms with Gasteiger partial charge in [0.25, 0.3) is 0 Å². The number of ether oxygens (including phenoxy) is 14. The number of hydrogen-bond donors (Lipinski definition) is 23. The molecule has 0 aliphatic carbocycles. The average molecular weight is 1320 g/mol. The zero-order chi connectivity index (χ0) is 65.4. The highest BCUT2D eigenvalue weighted by atomic mass is 16.8. The summed E-state index contributed by atoms with van der Waals surface area (Å²) in [6, 6.07) is 4.59. The number of nitrogens with one attached hydrogen (secondary N) is 4. The Morgan fingerprint density at radius 2 is 0.473 bits per heavy atom. The molecule has 39 nitrogen and oxygen atoms in total. The summed E-state index contributed by atoms with van der Waals surface area (Å²) in [4.78, 5) is 26.9. The van der Waals surface area contributed by atoms with Crippen molar-refractivity contribution in [3.05, 3.63) is 35.4 Å². The minimum Gasteiger partial charge on any atom is -0.394 e. The fraction of sp³-hybridized carbons (Fsp3) is 0.846. The van der Waals surface area contributed by atoms with E-state index in [9.17, 15) is 107 Å². The van der Waals surface area contributed by atoms with Crippen molar-refractivity contribution in [3.8, 4) is 0 Å². The van der Waals surface area contributed by atoms with Gasteiger partial charge in [-0.1, -0.05) is 24.3 Å². The van der Waals surface area contributed by atoms with Gasteiger partial charge in [-0.2, -0.15) is 0 Å². The Morgan fingerprint density at radius 1 is 0.275 bits per heavy atom. The number of urea groups is 2. The highest BCUT2D eigenvalue weighted by Crippen LogP contribution is 2.39. The van der Waals surface area contributed by atoms with E-state index in [2.05, 4.69) is 21.3 Å². The Kier molecular flexibility index (Phi) is 23.3. The van der Waals surface area contributed by atoms with Crippen LogP contribution in [-0.2, 0) is 79.4 Å². The number of carbonyl (C=O) groups excluding carboxylic acids is 2. The van der Waals surface area contributed by atoms with Crippen LogP contribution in [0, 0.1) is 0 Å². The minimum atomic E-state index is -2.27. The monoisotopic (exact) mass is 1320 g/mol. The summed E-state index contributed by atoms with van der Waals surface area (Å²) in [6.45, 7) is -7.00. The number of fused-ring (bicyclic) bond motifs is 1. The molecule has 14 unspecified atom stereocenters. The molecule has 15 saturated heterocycles. The summed E-state index contributed by atoms with van der Waals surface area (Å²) < 4.78 is 82.3. The van der Waals surface area contributed by atoms with Gasteiger partial charge in [-0.3, -0.25) is 0 Å². The van der Waals surface area contributed by atoms with Crippen LogP contribution in [0.15, 0.2) is 24.3 Å². The maximum Gasteiger partial charge on any atom is 0.315 e. The largest absolute Gasteiger partial charge is 0.394 e.